The molecule has 3 N–H and O–H groups in total. The van der Waals surface area contributed by atoms with E-state index in [0.717, 1.165) is 6.42 Å². The molecule has 0 radical (unpaired) electrons. The predicted molar refractivity (Wildman–Crippen MR) is 74.3 cm³/mol. The van der Waals surface area contributed by atoms with E-state index in [9.17, 15) is 14.9 Å². The van der Waals surface area contributed by atoms with Crippen LogP contribution in [0.2, 0.25) is 0 Å². The molecule has 1 heterocycles. The van der Waals surface area contributed by atoms with Gasteiger partial charge in [0.15, 0.2) is 0 Å². The zero-order chi connectivity index (χ0) is 15.3. The van der Waals surface area contributed by atoms with Crippen LogP contribution in [-0.4, -0.2) is 28.5 Å². The lowest BCUT2D eigenvalue weighted by molar-refractivity contribution is -0.384. The molecule has 8 nitrogen and oxygen atoms in total. The Labute approximate surface area is 116 Å². The first-order chi connectivity index (χ1) is 9.34. The summed E-state index contributed by atoms with van der Waals surface area (Å²) in [7, 11) is 1.30. The van der Waals surface area contributed by atoms with Gasteiger partial charge in [0.2, 0.25) is 5.82 Å². The van der Waals surface area contributed by atoms with Gasteiger partial charge in [0.1, 0.15) is 11.4 Å². The summed E-state index contributed by atoms with van der Waals surface area (Å²) in [5.74, 6) is -0.351. The molecule has 0 amide bonds. The minimum atomic E-state index is -0.959. The summed E-state index contributed by atoms with van der Waals surface area (Å²) >= 11 is 0. The molecule has 1 aromatic rings. The van der Waals surface area contributed by atoms with Gasteiger partial charge in [0.25, 0.3) is 0 Å². The maximum Gasteiger partial charge on any atom is 0.331 e. The second kappa shape index (κ2) is 6.18. The quantitative estimate of drug-likeness (QED) is 0.463. The molecule has 1 unspecified atom stereocenters. The number of carbonyl (C=O) groups is 1. The van der Waals surface area contributed by atoms with Crippen molar-refractivity contribution in [3.63, 3.8) is 0 Å². The highest BCUT2D eigenvalue weighted by atomic mass is 16.6. The molecule has 1 atom stereocenters. The SMILES string of the molecule is CCCC(C)(Nc1ccc([N+](=O)[O-])c(N)n1)C(=O)OC. The van der Waals surface area contributed by atoms with E-state index in [1.165, 1.54) is 19.2 Å². The van der Waals surface area contributed by atoms with Crippen molar-refractivity contribution in [2.24, 2.45) is 0 Å². The van der Waals surface area contributed by atoms with Crippen molar-refractivity contribution in [2.75, 3.05) is 18.2 Å². The molecule has 20 heavy (non-hydrogen) atoms. The lowest BCUT2D eigenvalue weighted by Crippen LogP contribution is -2.44. The van der Waals surface area contributed by atoms with Crippen LogP contribution in [0.4, 0.5) is 17.3 Å². The Morgan fingerprint density at radius 3 is 2.70 bits per heavy atom. The number of nitrogen functional groups attached to an aromatic ring is 1. The number of carbonyl (C=O) groups excluding carboxylic acids is 1. The Balaban J connectivity index is 3.03. The fraction of sp³-hybridized carbons (Fsp3) is 0.500. The minimum Gasteiger partial charge on any atom is -0.467 e. The number of esters is 1. The van der Waals surface area contributed by atoms with Gasteiger partial charge >= 0.3 is 11.7 Å². The second-order valence-corrected chi connectivity index (χ2v) is 4.56. The van der Waals surface area contributed by atoms with Crippen molar-refractivity contribution in [3.05, 3.63) is 22.2 Å². The van der Waals surface area contributed by atoms with Crippen LogP contribution in [0.3, 0.4) is 0 Å². The first kappa shape index (κ1) is 15.7. The predicted octanol–water partition coefficient (Wildman–Crippen LogP) is 1.72. The highest BCUT2D eigenvalue weighted by Crippen LogP contribution is 2.25. The van der Waals surface area contributed by atoms with Crippen LogP contribution < -0.4 is 11.1 Å². The Kier molecular flexibility index (Phi) is 4.84. The van der Waals surface area contributed by atoms with E-state index in [1.807, 2.05) is 6.92 Å². The molecule has 0 aliphatic heterocycles. The second-order valence-electron chi connectivity index (χ2n) is 4.56. The molecule has 0 bridgehead atoms. The number of hydrogen-bond donors (Lipinski definition) is 2. The number of methoxy groups -OCH3 is 1. The molecule has 0 aliphatic rings. The van der Waals surface area contributed by atoms with E-state index in [4.69, 9.17) is 10.5 Å². The third kappa shape index (κ3) is 3.34. The fourth-order valence-corrected chi connectivity index (χ4v) is 1.92. The Morgan fingerprint density at radius 2 is 2.25 bits per heavy atom. The minimum absolute atomic E-state index is 0.205. The number of anilines is 2. The Hall–Kier alpha value is -2.38. The summed E-state index contributed by atoms with van der Waals surface area (Å²) in [6, 6.07) is 2.65. The van der Waals surface area contributed by atoms with E-state index < -0.39 is 16.4 Å². The summed E-state index contributed by atoms with van der Waals surface area (Å²) in [6.07, 6.45) is 1.28. The molecule has 110 valence electrons. The number of ether oxygens (including phenoxy) is 1. The van der Waals surface area contributed by atoms with Crippen molar-refractivity contribution in [2.45, 2.75) is 32.2 Å². The van der Waals surface area contributed by atoms with Crippen molar-refractivity contribution in [3.8, 4) is 0 Å². The molecule has 1 aromatic heterocycles. The van der Waals surface area contributed by atoms with E-state index in [-0.39, 0.29) is 17.3 Å². The lowest BCUT2D eigenvalue weighted by Gasteiger charge is -2.28. The van der Waals surface area contributed by atoms with E-state index >= 15 is 0 Å². The number of aromatic nitrogens is 1. The van der Waals surface area contributed by atoms with Crippen LogP contribution >= 0.6 is 0 Å². The fourth-order valence-electron chi connectivity index (χ4n) is 1.92. The van der Waals surface area contributed by atoms with Crippen LogP contribution in [0.1, 0.15) is 26.7 Å². The molecule has 0 aromatic carbocycles. The topological polar surface area (TPSA) is 120 Å². The average Bonchev–Trinajstić information content (AvgIpc) is 2.37. The number of nitrogens with one attached hydrogen (secondary N) is 1. The van der Waals surface area contributed by atoms with Crippen LogP contribution in [0.25, 0.3) is 0 Å². The summed E-state index contributed by atoms with van der Waals surface area (Å²) in [5, 5.41) is 13.6. The molecular formula is C12H18N4O4. The zero-order valence-corrected chi connectivity index (χ0v) is 11.7. The molecule has 8 heteroatoms. The largest absolute Gasteiger partial charge is 0.467 e. The van der Waals surface area contributed by atoms with Gasteiger partial charge in [-0.05, 0) is 19.4 Å². The number of nitro groups is 1. The molecule has 0 fully saturated rings. The summed E-state index contributed by atoms with van der Waals surface area (Å²) in [6.45, 7) is 3.61. The van der Waals surface area contributed by atoms with Crippen LogP contribution in [-0.2, 0) is 9.53 Å². The normalized spacial score (nSPS) is 13.3. The third-order valence-electron chi connectivity index (χ3n) is 2.89. The van der Waals surface area contributed by atoms with Crippen molar-refractivity contribution < 1.29 is 14.5 Å². The molecule has 0 saturated heterocycles. The lowest BCUT2D eigenvalue weighted by atomic mass is 9.96. The highest BCUT2D eigenvalue weighted by molar-refractivity contribution is 5.83. The van der Waals surface area contributed by atoms with Crippen molar-refractivity contribution in [1.82, 2.24) is 4.98 Å². The first-order valence-electron chi connectivity index (χ1n) is 6.11. The number of pyridine rings is 1. The van der Waals surface area contributed by atoms with Crippen LogP contribution in [0.15, 0.2) is 12.1 Å². The maximum absolute atomic E-state index is 11.8. The number of rotatable bonds is 6. The van der Waals surface area contributed by atoms with Gasteiger partial charge < -0.3 is 15.8 Å². The third-order valence-corrected chi connectivity index (χ3v) is 2.89. The van der Waals surface area contributed by atoms with Gasteiger partial charge in [0, 0.05) is 6.07 Å². The van der Waals surface area contributed by atoms with Crippen molar-refractivity contribution in [1.29, 1.82) is 0 Å². The van der Waals surface area contributed by atoms with Gasteiger partial charge in [0.05, 0.1) is 12.0 Å². The molecular weight excluding hydrogens is 264 g/mol. The Bertz CT molecular complexity index is 520. The van der Waals surface area contributed by atoms with E-state index in [0.29, 0.717) is 6.42 Å². The highest BCUT2D eigenvalue weighted by Gasteiger charge is 2.34. The molecule has 1 rings (SSSR count). The molecule has 0 saturated carbocycles. The molecule has 0 aliphatic carbocycles. The zero-order valence-electron chi connectivity index (χ0n) is 11.7. The van der Waals surface area contributed by atoms with Gasteiger partial charge in [-0.1, -0.05) is 13.3 Å². The summed E-state index contributed by atoms with van der Waals surface area (Å²) in [4.78, 5) is 25.8. The summed E-state index contributed by atoms with van der Waals surface area (Å²) < 4.78 is 4.76. The van der Waals surface area contributed by atoms with E-state index in [1.54, 1.807) is 6.92 Å². The van der Waals surface area contributed by atoms with Gasteiger partial charge in [-0.3, -0.25) is 10.1 Å². The standard InChI is InChI=1S/C12H18N4O4/c1-4-7-12(2,11(17)20-3)15-9-6-5-8(16(18)19)10(13)14-9/h5-6H,4,7H2,1-3H3,(H3,13,14,15). The summed E-state index contributed by atoms with van der Waals surface area (Å²) in [5.41, 5.74) is 4.28. The Morgan fingerprint density at radius 1 is 1.60 bits per heavy atom. The van der Waals surface area contributed by atoms with Crippen LogP contribution in [0.5, 0.6) is 0 Å². The van der Waals surface area contributed by atoms with Gasteiger partial charge in [-0.2, -0.15) is 0 Å². The monoisotopic (exact) mass is 282 g/mol. The molecule has 0 spiro atoms. The van der Waals surface area contributed by atoms with Crippen molar-refractivity contribution >= 4 is 23.3 Å². The van der Waals surface area contributed by atoms with Crippen LogP contribution in [0, 0.1) is 10.1 Å². The van der Waals surface area contributed by atoms with Gasteiger partial charge in [-0.15, -0.1) is 0 Å². The maximum atomic E-state index is 11.8. The average molecular weight is 282 g/mol. The number of nitrogens with two attached hydrogens (primary N) is 1. The smallest absolute Gasteiger partial charge is 0.331 e. The van der Waals surface area contributed by atoms with E-state index in [2.05, 4.69) is 10.3 Å². The number of nitrogens with zero attached hydrogens (tertiary/aromatic N) is 2. The number of hydrogen-bond acceptors (Lipinski definition) is 7. The van der Waals surface area contributed by atoms with Gasteiger partial charge in [-0.25, -0.2) is 9.78 Å². The first-order valence-corrected chi connectivity index (χ1v) is 6.11.